The molecule has 0 aromatic rings. The standard InChI is InChI=1S/C34H69N5O9S/c1-2-3-4-5-6-7-8-9-10-11-12-13-14-15-16-49-19-23-26(40)24(38)29(43)34(46-23)48-32-21(37)17-20(36)31(30(32)44)47-33-25(39)28(42)27(41)22(18-35)45-33/h20-34,40-44H,2-19,35-39H2,1H3/t20-,21+,22-,23-,24+,25-,26-,27-,28-,29-,30-,31+,32-,33-,34-/m0/s1. The molecule has 290 valence electrons. The third kappa shape index (κ3) is 13.0. The Bertz CT molecular complexity index is 888. The van der Waals surface area contributed by atoms with Crippen LogP contribution in [0.3, 0.4) is 0 Å². The lowest BCUT2D eigenvalue weighted by Crippen LogP contribution is -2.69. The maximum Gasteiger partial charge on any atom is 0.186 e. The molecule has 2 heterocycles. The van der Waals surface area contributed by atoms with Crippen molar-refractivity contribution in [2.45, 2.75) is 195 Å². The van der Waals surface area contributed by atoms with Gasteiger partial charge < -0.3 is 73.1 Å². The van der Waals surface area contributed by atoms with E-state index in [0.29, 0.717) is 5.75 Å². The summed E-state index contributed by atoms with van der Waals surface area (Å²) in [6.07, 6.45) is 5.57. The Hall–Kier alpha value is -0.210. The molecule has 0 spiro atoms. The van der Waals surface area contributed by atoms with Crippen molar-refractivity contribution in [1.29, 1.82) is 0 Å². The summed E-state index contributed by atoms with van der Waals surface area (Å²) in [5.41, 5.74) is 30.5. The van der Waals surface area contributed by atoms with Crippen LogP contribution in [0.2, 0.25) is 0 Å². The van der Waals surface area contributed by atoms with E-state index in [2.05, 4.69) is 6.92 Å². The molecule has 15 atom stereocenters. The molecule has 49 heavy (non-hydrogen) atoms. The molecule has 2 saturated heterocycles. The zero-order valence-corrected chi connectivity index (χ0v) is 30.4. The maximum absolute atomic E-state index is 11.3. The molecule has 1 saturated carbocycles. The minimum atomic E-state index is -1.40. The van der Waals surface area contributed by atoms with E-state index in [-0.39, 0.29) is 13.0 Å². The number of aliphatic hydroxyl groups is 5. The first-order chi connectivity index (χ1) is 23.5. The number of ether oxygens (including phenoxy) is 4. The molecule has 2 aliphatic heterocycles. The Morgan fingerprint density at radius 2 is 1.06 bits per heavy atom. The van der Waals surface area contributed by atoms with Gasteiger partial charge in [0.1, 0.15) is 42.7 Å². The molecule has 3 rings (SSSR count). The lowest BCUT2D eigenvalue weighted by atomic mass is 9.84. The molecule has 0 unspecified atom stereocenters. The van der Waals surface area contributed by atoms with E-state index in [0.717, 1.165) is 18.6 Å². The second-order valence-corrected chi connectivity index (χ2v) is 15.5. The van der Waals surface area contributed by atoms with Gasteiger partial charge in [-0.1, -0.05) is 90.4 Å². The van der Waals surface area contributed by atoms with Crippen LogP contribution in [0.5, 0.6) is 0 Å². The van der Waals surface area contributed by atoms with Gasteiger partial charge in [0.15, 0.2) is 12.6 Å². The lowest BCUT2D eigenvalue weighted by Gasteiger charge is -2.48. The molecule has 0 aromatic carbocycles. The highest BCUT2D eigenvalue weighted by Gasteiger charge is 2.51. The Balaban J connectivity index is 1.39. The summed E-state index contributed by atoms with van der Waals surface area (Å²) in [6, 6.07) is -3.67. The van der Waals surface area contributed by atoms with Crippen molar-refractivity contribution < 1.29 is 44.5 Å². The minimum absolute atomic E-state index is 0.0946. The van der Waals surface area contributed by atoms with Gasteiger partial charge in [0.2, 0.25) is 0 Å². The fourth-order valence-electron chi connectivity index (χ4n) is 7.03. The number of hydrogen-bond donors (Lipinski definition) is 10. The molecule has 14 nitrogen and oxygen atoms in total. The topological polar surface area (TPSA) is 268 Å². The van der Waals surface area contributed by atoms with Gasteiger partial charge in [0, 0.05) is 24.4 Å². The monoisotopic (exact) mass is 723 g/mol. The average Bonchev–Trinajstić information content (AvgIpc) is 3.08. The van der Waals surface area contributed by atoms with E-state index in [1.54, 1.807) is 11.8 Å². The Morgan fingerprint density at radius 1 is 0.571 bits per heavy atom. The van der Waals surface area contributed by atoms with Gasteiger partial charge in [-0.05, 0) is 18.6 Å². The molecule has 3 aliphatic rings. The van der Waals surface area contributed by atoms with Crippen LogP contribution in [0, 0.1) is 0 Å². The fraction of sp³-hybridized carbons (Fsp3) is 1.00. The first kappa shape index (κ1) is 43.2. The van der Waals surface area contributed by atoms with Crippen molar-refractivity contribution in [1.82, 2.24) is 0 Å². The van der Waals surface area contributed by atoms with Crippen LogP contribution in [-0.4, -0.2) is 135 Å². The second kappa shape index (κ2) is 22.8. The Labute approximate surface area is 297 Å². The van der Waals surface area contributed by atoms with Crippen LogP contribution in [0.4, 0.5) is 0 Å². The van der Waals surface area contributed by atoms with Gasteiger partial charge in [-0.3, -0.25) is 0 Å². The molecule has 15 N–H and O–H groups in total. The molecule has 3 fully saturated rings. The van der Waals surface area contributed by atoms with E-state index in [1.807, 2.05) is 0 Å². The Morgan fingerprint density at radius 3 is 1.59 bits per heavy atom. The maximum atomic E-state index is 11.3. The smallest absolute Gasteiger partial charge is 0.186 e. The Kier molecular flexibility index (Phi) is 20.1. The van der Waals surface area contributed by atoms with Crippen molar-refractivity contribution in [3.8, 4) is 0 Å². The van der Waals surface area contributed by atoms with Crippen molar-refractivity contribution in [3.63, 3.8) is 0 Å². The normalized spacial score (nSPS) is 40.1. The summed E-state index contributed by atoms with van der Waals surface area (Å²) in [6.45, 7) is 2.16. The number of unbranched alkanes of at least 4 members (excludes halogenated alkanes) is 13. The summed E-state index contributed by atoms with van der Waals surface area (Å²) < 4.78 is 23.7. The van der Waals surface area contributed by atoms with Crippen molar-refractivity contribution in [2.24, 2.45) is 28.7 Å². The van der Waals surface area contributed by atoms with Gasteiger partial charge in [-0.2, -0.15) is 11.8 Å². The lowest BCUT2D eigenvalue weighted by molar-refractivity contribution is -0.314. The molecule has 0 bridgehead atoms. The summed E-state index contributed by atoms with van der Waals surface area (Å²) in [4.78, 5) is 0. The summed E-state index contributed by atoms with van der Waals surface area (Å²) >= 11 is 1.66. The van der Waals surface area contributed by atoms with Crippen LogP contribution in [0.15, 0.2) is 0 Å². The molecule has 0 radical (unpaired) electrons. The van der Waals surface area contributed by atoms with Crippen LogP contribution in [-0.2, 0) is 18.9 Å². The number of aliphatic hydroxyl groups excluding tert-OH is 5. The van der Waals surface area contributed by atoms with Crippen molar-refractivity contribution in [3.05, 3.63) is 0 Å². The molecule has 1 aliphatic carbocycles. The van der Waals surface area contributed by atoms with Gasteiger partial charge in [-0.15, -0.1) is 0 Å². The number of hydrogen-bond acceptors (Lipinski definition) is 15. The third-order valence-electron chi connectivity index (χ3n) is 10.3. The van der Waals surface area contributed by atoms with Crippen LogP contribution < -0.4 is 28.7 Å². The summed E-state index contributed by atoms with van der Waals surface area (Å²) in [5.74, 6) is 1.38. The summed E-state index contributed by atoms with van der Waals surface area (Å²) in [7, 11) is 0. The van der Waals surface area contributed by atoms with Crippen LogP contribution in [0.25, 0.3) is 0 Å². The van der Waals surface area contributed by atoms with E-state index in [9.17, 15) is 25.5 Å². The van der Waals surface area contributed by atoms with Gasteiger partial charge in [0.25, 0.3) is 0 Å². The highest BCUT2D eigenvalue weighted by Crippen LogP contribution is 2.31. The van der Waals surface area contributed by atoms with Crippen LogP contribution in [0.1, 0.15) is 103 Å². The van der Waals surface area contributed by atoms with Crippen molar-refractivity contribution in [2.75, 3.05) is 18.1 Å². The third-order valence-corrected chi connectivity index (χ3v) is 11.4. The van der Waals surface area contributed by atoms with Gasteiger partial charge in [-0.25, -0.2) is 0 Å². The van der Waals surface area contributed by atoms with E-state index < -0.39 is 91.7 Å². The van der Waals surface area contributed by atoms with E-state index in [4.69, 9.17) is 47.6 Å². The van der Waals surface area contributed by atoms with Crippen LogP contribution >= 0.6 is 11.8 Å². The van der Waals surface area contributed by atoms with E-state index in [1.165, 1.54) is 77.0 Å². The molecular formula is C34H69N5O9S. The van der Waals surface area contributed by atoms with E-state index >= 15 is 0 Å². The molecule has 0 aromatic heterocycles. The highest BCUT2D eigenvalue weighted by molar-refractivity contribution is 7.99. The highest BCUT2D eigenvalue weighted by atomic mass is 32.2. The van der Waals surface area contributed by atoms with Crippen molar-refractivity contribution >= 4 is 11.8 Å². The molecule has 0 amide bonds. The zero-order chi connectivity index (χ0) is 35.9. The zero-order valence-electron chi connectivity index (χ0n) is 29.6. The number of nitrogens with two attached hydrogens (primary N) is 5. The largest absolute Gasteiger partial charge is 0.389 e. The second-order valence-electron chi connectivity index (χ2n) is 14.4. The predicted molar refractivity (Wildman–Crippen MR) is 190 cm³/mol. The molecule has 15 heteroatoms. The number of rotatable bonds is 22. The number of thioether (sulfide) groups is 1. The summed E-state index contributed by atoms with van der Waals surface area (Å²) in [5, 5.41) is 53.5. The van der Waals surface area contributed by atoms with Gasteiger partial charge >= 0.3 is 0 Å². The first-order valence-corrected chi connectivity index (χ1v) is 20.0. The quantitative estimate of drug-likeness (QED) is 0.0654. The first-order valence-electron chi connectivity index (χ1n) is 18.8. The SMILES string of the molecule is CCCCCCCCCCCCCCCCSC[C@@H]1O[C@@H](O[C@@H]2[C@@H](O)[C@H](O[C@@H]3O[C@@H](CN)[C@H](O)[C@@H](O)[C@@H]3N)[C@@H](N)C[C@H]2N)[C@@H](O)[C@H](N)[C@H]1O. The molecular weight excluding hydrogens is 654 g/mol. The predicted octanol–water partition coefficient (Wildman–Crippen LogP) is -0.103. The average molecular weight is 724 g/mol. The van der Waals surface area contributed by atoms with Gasteiger partial charge in [0.05, 0.1) is 24.3 Å². The minimum Gasteiger partial charge on any atom is -0.389 e. The fourth-order valence-corrected chi connectivity index (χ4v) is 8.11.